The number of ether oxygens (including phenoxy) is 2. The Hall–Kier alpha value is -2.87. The number of hydrogen-bond acceptors (Lipinski definition) is 10. The average molecular weight is 601 g/mol. The second kappa shape index (κ2) is 15.9. The van der Waals surface area contributed by atoms with Crippen molar-refractivity contribution in [1.82, 2.24) is 21.0 Å². The number of aromatic nitrogens is 2. The lowest BCUT2D eigenvalue weighted by atomic mass is 10.0. The molecule has 1 aromatic heterocycles. The summed E-state index contributed by atoms with van der Waals surface area (Å²) >= 11 is 3.20. The zero-order valence-corrected chi connectivity index (χ0v) is 24.6. The van der Waals surface area contributed by atoms with Crippen LogP contribution >= 0.6 is 23.1 Å². The molecule has 41 heavy (non-hydrogen) atoms. The van der Waals surface area contributed by atoms with Gasteiger partial charge in [0.15, 0.2) is 10.6 Å². The molecule has 0 radical (unpaired) electrons. The van der Waals surface area contributed by atoms with Crippen LogP contribution in [0, 0.1) is 6.92 Å². The summed E-state index contributed by atoms with van der Waals surface area (Å²) in [6, 6.07) is 15.7. The summed E-state index contributed by atoms with van der Waals surface area (Å²) in [5.41, 5.74) is 5.36. The number of carbonyl (C=O) groups is 2. The number of amides is 2. The summed E-state index contributed by atoms with van der Waals surface area (Å²) in [5, 5.41) is 30.1. The van der Waals surface area contributed by atoms with Crippen molar-refractivity contribution in [2.24, 2.45) is 0 Å². The number of hydroxylamine groups is 1. The molecule has 4 N–H and O–H groups in total. The molecule has 2 heterocycles. The van der Waals surface area contributed by atoms with Crippen molar-refractivity contribution in [3.8, 4) is 0 Å². The minimum Gasteiger partial charge on any atom is -0.392 e. The lowest BCUT2D eigenvalue weighted by molar-refractivity contribution is -0.245. The molecular formula is C29H36N4O6S2. The van der Waals surface area contributed by atoms with E-state index in [2.05, 4.69) is 15.5 Å². The molecule has 0 bridgehead atoms. The molecule has 220 valence electrons. The first-order valence-corrected chi connectivity index (χ1v) is 15.5. The Morgan fingerprint density at radius 3 is 2.29 bits per heavy atom. The van der Waals surface area contributed by atoms with Crippen LogP contribution in [0.2, 0.25) is 0 Å². The molecule has 0 unspecified atom stereocenters. The van der Waals surface area contributed by atoms with Gasteiger partial charge in [0.25, 0.3) is 0 Å². The minimum absolute atomic E-state index is 0.00359. The smallest absolute Gasteiger partial charge is 0.243 e. The molecule has 3 aromatic rings. The maximum absolute atomic E-state index is 12.2. The van der Waals surface area contributed by atoms with Crippen LogP contribution in [0.4, 0.5) is 0 Å². The van der Waals surface area contributed by atoms with E-state index in [1.807, 2.05) is 55.5 Å². The number of nitrogens with one attached hydrogen (secondary N) is 2. The van der Waals surface area contributed by atoms with Crippen molar-refractivity contribution in [2.45, 2.75) is 81.4 Å². The number of carbonyl (C=O) groups excluding carboxylic acids is 2. The predicted molar refractivity (Wildman–Crippen MR) is 155 cm³/mol. The van der Waals surface area contributed by atoms with Gasteiger partial charge in [0.05, 0.1) is 18.8 Å². The molecule has 1 saturated heterocycles. The molecule has 3 atom stereocenters. The van der Waals surface area contributed by atoms with E-state index < -0.39 is 12.2 Å². The van der Waals surface area contributed by atoms with Crippen LogP contribution in [0.5, 0.6) is 0 Å². The van der Waals surface area contributed by atoms with E-state index in [1.165, 1.54) is 0 Å². The van der Waals surface area contributed by atoms with Gasteiger partial charge in [-0.1, -0.05) is 78.1 Å². The Bertz CT molecular complexity index is 1250. The van der Waals surface area contributed by atoms with Crippen molar-refractivity contribution < 1.29 is 29.4 Å². The Labute approximate surface area is 247 Å². The van der Waals surface area contributed by atoms with Crippen molar-refractivity contribution in [2.75, 3.05) is 5.75 Å². The molecule has 0 saturated carbocycles. The van der Waals surface area contributed by atoms with Gasteiger partial charge in [0, 0.05) is 37.1 Å². The first-order valence-electron chi connectivity index (χ1n) is 13.7. The van der Waals surface area contributed by atoms with Crippen LogP contribution in [-0.2, 0) is 32.2 Å². The van der Waals surface area contributed by atoms with Crippen molar-refractivity contribution in [1.29, 1.82) is 0 Å². The fourth-order valence-electron chi connectivity index (χ4n) is 4.41. The van der Waals surface area contributed by atoms with Gasteiger partial charge in [0.1, 0.15) is 5.01 Å². The van der Waals surface area contributed by atoms with Crippen molar-refractivity contribution >= 4 is 34.9 Å². The number of benzene rings is 2. The van der Waals surface area contributed by atoms with Gasteiger partial charge in [-0.05, 0) is 36.5 Å². The van der Waals surface area contributed by atoms with E-state index in [4.69, 9.17) is 14.7 Å². The first kappa shape index (κ1) is 31.1. The van der Waals surface area contributed by atoms with Gasteiger partial charge < -0.3 is 19.9 Å². The number of nitrogens with zero attached hydrogens (tertiary/aromatic N) is 2. The number of unbranched alkanes of at least 4 members (excludes halogenated alkanes) is 2. The van der Waals surface area contributed by atoms with E-state index in [1.54, 1.807) is 28.6 Å². The van der Waals surface area contributed by atoms with Crippen LogP contribution in [-0.4, -0.2) is 44.2 Å². The fraction of sp³-hybridized carbons (Fsp3) is 0.448. The zero-order chi connectivity index (χ0) is 29.0. The van der Waals surface area contributed by atoms with Gasteiger partial charge in [-0.2, -0.15) is 0 Å². The number of hydrogen-bond donors (Lipinski definition) is 4. The number of rotatable bonds is 14. The lowest BCUT2D eigenvalue weighted by Gasteiger charge is -2.36. The first-order chi connectivity index (χ1) is 19.9. The molecule has 1 aliphatic heterocycles. The third-order valence-corrected chi connectivity index (χ3v) is 8.79. The highest BCUT2D eigenvalue weighted by Crippen LogP contribution is 2.39. The average Bonchev–Trinajstić information content (AvgIpc) is 3.43. The largest absolute Gasteiger partial charge is 0.392 e. The highest BCUT2D eigenvalue weighted by atomic mass is 32.2. The maximum Gasteiger partial charge on any atom is 0.243 e. The van der Waals surface area contributed by atoms with Gasteiger partial charge in [-0.15, -0.1) is 10.2 Å². The molecular weight excluding hydrogens is 564 g/mol. The van der Waals surface area contributed by atoms with Crippen molar-refractivity contribution in [3.63, 3.8) is 0 Å². The molecule has 2 amide bonds. The second-order valence-electron chi connectivity index (χ2n) is 9.86. The minimum atomic E-state index is -0.551. The van der Waals surface area contributed by atoms with Crippen LogP contribution in [0.3, 0.4) is 0 Å². The second-order valence-corrected chi connectivity index (χ2v) is 12.3. The van der Waals surface area contributed by atoms with Crippen LogP contribution in [0.25, 0.3) is 0 Å². The summed E-state index contributed by atoms with van der Waals surface area (Å²) in [7, 11) is 0. The van der Waals surface area contributed by atoms with E-state index in [0.29, 0.717) is 32.2 Å². The number of aryl methyl sites for hydroxylation is 1. The maximum atomic E-state index is 12.2. The summed E-state index contributed by atoms with van der Waals surface area (Å²) in [6.07, 6.45) is 2.59. The van der Waals surface area contributed by atoms with E-state index in [9.17, 15) is 14.7 Å². The number of aliphatic hydroxyl groups excluding tert-OH is 1. The van der Waals surface area contributed by atoms with Gasteiger partial charge in [0.2, 0.25) is 11.8 Å². The summed E-state index contributed by atoms with van der Waals surface area (Å²) in [5.74, 6) is 0.269. The Kier molecular flexibility index (Phi) is 12.1. The predicted octanol–water partition coefficient (Wildman–Crippen LogP) is 4.75. The molecule has 2 aromatic carbocycles. The van der Waals surface area contributed by atoms with E-state index in [0.717, 1.165) is 43.8 Å². The summed E-state index contributed by atoms with van der Waals surface area (Å²) in [6.45, 7) is 2.35. The normalized spacial score (nSPS) is 18.7. The summed E-state index contributed by atoms with van der Waals surface area (Å²) < 4.78 is 13.7. The number of aliphatic hydroxyl groups is 1. The highest BCUT2D eigenvalue weighted by Gasteiger charge is 2.32. The molecule has 12 heteroatoms. The standard InChI is InChI=1S/C29H36N4O6S2/c1-19-31-32-29(41-19)40-18-24-15-25(22-11-9-21(17-34)10-12-22)39-28(38-24)23-13-7-20(8-14-23)16-30-26(35)5-3-2-4-6-27(36)33-37/h7-14,24-25,28,34,37H,2-6,15-18H2,1H3,(H,30,35)(H,33,36)/t24-,25+,28+/m1/s1. The molecule has 0 spiro atoms. The monoisotopic (exact) mass is 600 g/mol. The SMILES string of the molecule is Cc1nnc(SC[C@H]2C[C@@H](c3ccc(CO)cc3)O[C@@H](c3ccc(CNC(=O)CCCCCC(=O)NO)cc3)O2)s1. The van der Waals surface area contributed by atoms with Crippen LogP contribution < -0.4 is 10.8 Å². The van der Waals surface area contributed by atoms with E-state index >= 15 is 0 Å². The Morgan fingerprint density at radius 2 is 1.63 bits per heavy atom. The fourth-order valence-corrected chi connectivity index (χ4v) is 6.27. The topological polar surface area (TPSA) is 143 Å². The lowest BCUT2D eigenvalue weighted by Crippen LogP contribution is -2.31. The van der Waals surface area contributed by atoms with Crippen LogP contribution in [0.15, 0.2) is 52.9 Å². The quantitative estimate of drug-likeness (QED) is 0.0892. The van der Waals surface area contributed by atoms with E-state index in [-0.39, 0.29) is 31.1 Å². The molecule has 1 fully saturated rings. The van der Waals surface area contributed by atoms with Gasteiger partial charge >= 0.3 is 0 Å². The molecule has 4 rings (SSSR count). The molecule has 0 aliphatic carbocycles. The summed E-state index contributed by atoms with van der Waals surface area (Å²) in [4.78, 5) is 23.2. The molecule has 10 nitrogen and oxygen atoms in total. The third kappa shape index (κ3) is 9.87. The highest BCUT2D eigenvalue weighted by molar-refractivity contribution is 8.01. The Morgan fingerprint density at radius 1 is 0.951 bits per heavy atom. The number of thioether (sulfide) groups is 1. The molecule has 1 aliphatic rings. The van der Waals surface area contributed by atoms with Gasteiger partial charge in [-0.3, -0.25) is 14.8 Å². The van der Waals surface area contributed by atoms with Crippen LogP contribution in [0.1, 0.15) is 78.2 Å². The zero-order valence-electron chi connectivity index (χ0n) is 23.0. The van der Waals surface area contributed by atoms with Crippen molar-refractivity contribution in [3.05, 3.63) is 75.8 Å². The third-order valence-electron chi connectivity index (χ3n) is 6.69. The van der Waals surface area contributed by atoms with Gasteiger partial charge in [-0.25, -0.2) is 5.48 Å². The Balaban J connectivity index is 1.32.